The molecule has 1 aliphatic rings. The van der Waals surface area contributed by atoms with E-state index in [0.717, 1.165) is 11.8 Å². The second-order valence-electron chi connectivity index (χ2n) is 5.47. The number of hydrogen-bond donors (Lipinski definition) is 0. The van der Waals surface area contributed by atoms with Crippen LogP contribution in [0.5, 0.6) is 0 Å². The lowest BCUT2D eigenvalue weighted by molar-refractivity contribution is -0.123. The van der Waals surface area contributed by atoms with E-state index in [-0.39, 0.29) is 17.2 Å². The summed E-state index contributed by atoms with van der Waals surface area (Å²) in [7, 11) is 0. The molecule has 1 fully saturated rings. The van der Waals surface area contributed by atoms with Gasteiger partial charge < -0.3 is 4.42 Å². The van der Waals surface area contributed by atoms with E-state index >= 15 is 0 Å². The molecule has 0 radical (unpaired) electrons. The zero-order chi connectivity index (χ0) is 17.4. The van der Waals surface area contributed by atoms with Gasteiger partial charge in [0.25, 0.3) is 11.1 Å². The number of rotatable bonds is 3. The fourth-order valence-electron chi connectivity index (χ4n) is 2.32. The molecule has 0 aliphatic carbocycles. The average Bonchev–Trinajstić information content (AvgIpc) is 3.04. The van der Waals surface area contributed by atoms with E-state index < -0.39 is 0 Å². The Morgan fingerprint density at radius 1 is 1.17 bits per heavy atom. The maximum absolute atomic E-state index is 12.3. The lowest BCUT2D eigenvalue weighted by Gasteiger charge is -2.16. The molecule has 0 spiro atoms. The van der Waals surface area contributed by atoms with Crippen molar-refractivity contribution in [1.29, 1.82) is 0 Å². The second kappa shape index (κ2) is 6.67. The Labute approximate surface area is 153 Å². The van der Waals surface area contributed by atoms with E-state index in [4.69, 9.17) is 27.6 Å². The molecule has 2 heterocycles. The maximum Gasteiger partial charge on any atom is 0.293 e. The fraction of sp³-hybridized carbons (Fsp3) is 0.176. The Kier molecular flexibility index (Phi) is 4.76. The normalized spacial score (nSPS) is 16.7. The van der Waals surface area contributed by atoms with Crippen LogP contribution in [0.4, 0.5) is 4.79 Å². The number of halogens is 2. The van der Waals surface area contributed by atoms with Gasteiger partial charge >= 0.3 is 0 Å². The first-order valence-electron chi connectivity index (χ1n) is 7.19. The highest BCUT2D eigenvalue weighted by Gasteiger charge is 2.36. The van der Waals surface area contributed by atoms with Crippen molar-refractivity contribution in [3.63, 3.8) is 0 Å². The molecule has 1 aliphatic heterocycles. The molecule has 0 bridgehead atoms. The number of carbonyl (C=O) groups is 2. The number of carbonyl (C=O) groups excluding carboxylic acids is 2. The number of benzene rings is 1. The van der Waals surface area contributed by atoms with Crippen molar-refractivity contribution in [2.45, 2.75) is 19.9 Å². The van der Waals surface area contributed by atoms with Crippen molar-refractivity contribution in [3.05, 3.63) is 51.0 Å². The molecular formula is C17H13Cl2NO3S. The lowest BCUT2D eigenvalue weighted by atomic mass is 10.2. The standard InChI is InChI=1S/C17H13Cl2NO3S/c1-9(2)20-16(21)15(24-17(20)22)8-11-4-6-14(23-11)12-5-3-10(18)7-13(12)19/h3-9H,1-2H3/b15-8-. The molecule has 0 saturated carbocycles. The Morgan fingerprint density at radius 2 is 1.92 bits per heavy atom. The maximum atomic E-state index is 12.3. The van der Waals surface area contributed by atoms with Crippen LogP contribution in [0.1, 0.15) is 19.6 Å². The molecular weight excluding hydrogens is 369 g/mol. The third-order valence-electron chi connectivity index (χ3n) is 3.44. The topological polar surface area (TPSA) is 50.5 Å². The number of nitrogens with zero attached hydrogens (tertiary/aromatic N) is 1. The summed E-state index contributed by atoms with van der Waals surface area (Å²) in [5, 5.41) is 0.746. The summed E-state index contributed by atoms with van der Waals surface area (Å²) >= 11 is 13.0. The van der Waals surface area contributed by atoms with Gasteiger partial charge in [-0.3, -0.25) is 14.5 Å². The lowest BCUT2D eigenvalue weighted by Crippen LogP contribution is -2.34. The Balaban J connectivity index is 1.89. The summed E-state index contributed by atoms with van der Waals surface area (Å²) in [6, 6.07) is 8.42. The highest BCUT2D eigenvalue weighted by Crippen LogP contribution is 2.35. The fourth-order valence-corrected chi connectivity index (χ4v) is 3.76. The molecule has 0 N–H and O–H groups in total. The molecule has 2 amide bonds. The van der Waals surface area contributed by atoms with Crippen molar-refractivity contribution in [3.8, 4) is 11.3 Å². The summed E-state index contributed by atoms with van der Waals surface area (Å²) in [5.74, 6) is 0.735. The quantitative estimate of drug-likeness (QED) is 0.639. The molecule has 24 heavy (non-hydrogen) atoms. The van der Waals surface area contributed by atoms with Crippen molar-refractivity contribution < 1.29 is 14.0 Å². The van der Waals surface area contributed by atoms with Gasteiger partial charge in [0.1, 0.15) is 11.5 Å². The molecule has 0 unspecified atom stereocenters. The highest BCUT2D eigenvalue weighted by molar-refractivity contribution is 8.18. The predicted molar refractivity (Wildman–Crippen MR) is 97.1 cm³/mol. The first-order chi connectivity index (χ1) is 11.4. The van der Waals surface area contributed by atoms with Crippen LogP contribution in [0.25, 0.3) is 17.4 Å². The van der Waals surface area contributed by atoms with Gasteiger partial charge in [0.2, 0.25) is 0 Å². The van der Waals surface area contributed by atoms with Gasteiger partial charge in [-0.05, 0) is 55.9 Å². The van der Waals surface area contributed by atoms with Crippen LogP contribution in [-0.2, 0) is 4.79 Å². The van der Waals surface area contributed by atoms with Gasteiger partial charge in [0, 0.05) is 22.7 Å². The molecule has 1 saturated heterocycles. The summed E-state index contributed by atoms with van der Waals surface area (Å²) < 4.78 is 5.73. The summed E-state index contributed by atoms with van der Waals surface area (Å²) in [6.45, 7) is 3.60. The molecule has 2 aromatic rings. The van der Waals surface area contributed by atoms with E-state index in [1.54, 1.807) is 50.3 Å². The molecule has 7 heteroatoms. The van der Waals surface area contributed by atoms with Gasteiger partial charge in [-0.2, -0.15) is 0 Å². The summed E-state index contributed by atoms with van der Waals surface area (Å²) in [6.07, 6.45) is 1.57. The van der Waals surface area contributed by atoms with Crippen LogP contribution in [0.2, 0.25) is 10.0 Å². The minimum atomic E-state index is -0.303. The summed E-state index contributed by atoms with van der Waals surface area (Å²) in [4.78, 5) is 25.7. The monoisotopic (exact) mass is 381 g/mol. The summed E-state index contributed by atoms with van der Waals surface area (Å²) in [5.41, 5.74) is 0.705. The molecule has 3 rings (SSSR count). The molecule has 1 aromatic carbocycles. The zero-order valence-corrected chi connectivity index (χ0v) is 15.2. The Hall–Kier alpha value is -1.69. The van der Waals surface area contributed by atoms with Crippen molar-refractivity contribution in [2.24, 2.45) is 0 Å². The highest BCUT2D eigenvalue weighted by atomic mass is 35.5. The van der Waals surface area contributed by atoms with Crippen molar-refractivity contribution in [1.82, 2.24) is 4.90 Å². The number of hydrogen-bond acceptors (Lipinski definition) is 4. The van der Waals surface area contributed by atoms with Gasteiger partial charge in [-0.15, -0.1) is 0 Å². The SMILES string of the molecule is CC(C)N1C(=O)S/C(=C\c2ccc(-c3ccc(Cl)cc3Cl)o2)C1=O. The zero-order valence-electron chi connectivity index (χ0n) is 12.9. The largest absolute Gasteiger partial charge is 0.457 e. The van der Waals surface area contributed by atoms with Gasteiger partial charge in [-0.25, -0.2) is 0 Å². The van der Waals surface area contributed by atoms with Crippen molar-refractivity contribution in [2.75, 3.05) is 0 Å². The van der Waals surface area contributed by atoms with E-state index in [0.29, 0.717) is 32.0 Å². The first-order valence-corrected chi connectivity index (χ1v) is 8.76. The van der Waals surface area contributed by atoms with Crippen molar-refractivity contribution >= 4 is 52.2 Å². The number of amides is 2. The average molecular weight is 382 g/mol. The molecule has 1 aromatic heterocycles. The van der Waals surface area contributed by atoms with Gasteiger partial charge in [0.05, 0.1) is 9.93 Å². The van der Waals surface area contributed by atoms with E-state index in [1.807, 2.05) is 0 Å². The van der Waals surface area contributed by atoms with Crippen LogP contribution in [0.3, 0.4) is 0 Å². The van der Waals surface area contributed by atoms with Gasteiger partial charge in [-0.1, -0.05) is 23.2 Å². The molecule has 4 nitrogen and oxygen atoms in total. The van der Waals surface area contributed by atoms with Crippen LogP contribution < -0.4 is 0 Å². The minimum absolute atomic E-state index is 0.177. The van der Waals surface area contributed by atoms with Crippen LogP contribution in [0.15, 0.2) is 39.7 Å². The van der Waals surface area contributed by atoms with Gasteiger partial charge in [0.15, 0.2) is 0 Å². The minimum Gasteiger partial charge on any atom is -0.457 e. The van der Waals surface area contributed by atoms with Crippen LogP contribution >= 0.6 is 35.0 Å². The third-order valence-corrected chi connectivity index (χ3v) is 4.87. The smallest absolute Gasteiger partial charge is 0.293 e. The number of thioether (sulfide) groups is 1. The molecule has 0 atom stereocenters. The third kappa shape index (κ3) is 3.24. The number of imide groups is 1. The predicted octanol–water partition coefficient (Wildman–Crippen LogP) is 5.70. The first kappa shape index (κ1) is 17.1. The van der Waals surface area contributed by atoms with E-state index in [1.165, 1.54) is 4.90 Å². The van der Waals surface area contributed by atoms with E-state index in [9.17, 15) is 9.59 Å². The Morgan fingerprint density at radius 3 is 2.54 bits per heavy atom. The van der Waals surface area contributed by atoms with E-state index in [2.05, 4.69) is 0 Å². The Bertz CT molecular complexity index is 857. The van der Waals surface area contributed by atoms with Crippen LogP contribution in [0, 0.1) is 0 Å². The van der Waals surface area contributed by atoms with Crippen LogP contribution in [-0.4, -0.2) is 22.1 Å². The molecule has 124 valence electrons. The number of furan rings is 1. The second-order valence-corrected chi connectivity index (χ2v) is 7.31.